The van der Waals surface area contributed by atoms with E-state index in [0.29, 0.717) is 6.41 Å². The van der Waals surface area contributed by atoms with E-state index in [4.69, 9.17) is 0 Å². The first-order valence-electron chi connectivity index (χ1n) is 5.51. The van der Waals surface area contributed by atoms with Gasteiger partial charge in [-0.05, 0) is 22.2 Å². The van der Waals surface area contributed by atoms with Gasteiger partial charge in [0.05, 0.1) is 0 Å². The summed E-state index contributed by atoms with van der Waals surface area (Å²) in [7, 11) is 0. The molecule has 0 spiro atoms. The van der Waals surface area contributed by atoms with E-state index in [1.54, 1.807) is 0 Å². The Morgan fingerprint density at radius 1 is 0.765 bits per heavy atom. The van der Waals surface area contributed by atoms with Crippen LogP contribution in [0.15, 0.2) is 54.6 Å². The van der Waals surface area contributed by atoms with E-state index in [-0.39, 0.29) is 0 Å². The Hall–Kier alpha value is -2.35. The molecule has 3 aromatic rings. The summed E-state index contributed by atoms with van der Waals surface area (Å²) in [5.41, 5.74) is 0.850. The Bertz CT molecular complexity index is 703. The molecule has 2 nitrogen and oxygen atoms in total. The summed E-state index contributed by atoms with van der Waals surface area (Å²) in [6.07, 6.45) is 0.712. The Balaban J connectivity index is 2.43. The second-order valence-corrected chi connectivity index (χ2v) is 3.95. The largest absolute Gasteiger partial charge is 0.328 e. The first-order valence-corrected chi connectivity index (χ1v) is 5.51. The van der Waals surface area contributed by atoms with E-state index < -0.39 is 0 Å². The number of anilines is 1. The summed E-state index contributed by atoms with van der Waals surface area (Å²) in [6, 6.07) is 18.3. The van der Waals surface area contributed by atoms with Gasteiger partial charge in [0.2, 0.25) is 6.41 Å². The van der Waals surface area contributed by atoms with Crippen LogP contribution in [-0.2, 0) is 4.79 Å². The summed E-state index contributed by atoms with van der Waals surface area (Å²) in [5.74, 6) is 0. The van der Waals surface area contributed by atoms with Crippen LogP contribution in [0, 0.1) is 0 Å². The molecule has 82 valence electrons. The van der Waals surface area contributed by atoms with Crippen LogP contribution in [0.25, 0.3) is 21.5 Å². The van der Waals surface area contributed by atoms with Crippen LogP contribution < -0.4 is 5.32 Å². The molecule has 0 radical (unpaired) electrons. The molecule has 0 atom stereocenters. The van der Waals surface area contributed by atoms with Crippen molar-refractivity contribution >= 4 is 33.6 Å². The number of carbonyl (C=O) groups excluding carboxylic acids is 1. The second kappa shape index (κ2) is 3.91. The number of carbonyl (C=O) groups is 1. The summed E-state index contributed by atoms with van der Waals surface area (Å²) in [5, 5.41) is 7.38. The van der Waals surface area contributed by atoms with E-state index >= 15 is 0 Å². The average Bonchev–Trinajstić information content (AvgIpc) is 2.39. The van der Waals surface area contributed by atoms with E-state index in [1.807, 2.05) is 30.3 Å². The summed E-state index contributed by atoms with van der Waals surface area (Å²) in [6.45, 7) is 0. The highest BCUT2D eigenvalue weighted by Gasteiger charge is 2.03. The molecular formula is C15H11NO. The number of nitrogens with one attached hydrogen (secondary N) is 1. The van der Waals surface area contributed by atoms with Crippen molar-refractivity contribution in [3.63, 3.8) is 0 Å². The minimum atomic E-state index is 0.712. The summed E-state index contributed by atoms with van der Waals surface area (Å²) in [4.78, 5) is 10.6. The Labute approximate surface area is 98.9 Å². The van der Waals surface area contributed by atoms with Crippen molar-refractivity contribution in [1.29, 1.82) is 0 Å². The standard InChI is InChI=1S/C15H11NO/c17-10-16-15-7-3-6-13-12-5-2-1-4-11(12)8-9-14(13)15/h1-10H,(H,16,17). The Kier molecular flexibility index (Phi) is 2.26. The first-order chi connectivity index (χ1) is 8.40. The van der Waals surface area contributed by atoms with Crippen LogP contribution in [0.3, 0.4) is 0 Å². The third-order valence-electron chi connectivity index (χ3n) is 3.00. The molecule has 3 rings (SSSR count). The highest BCUT2D eigenvalue weighted by atomic mass is 16.1. The van der Waals surface area contributed by atoms with Crippen LogP contribution >= 0.6 is 0 Å². The third-order valence-corrected chi connectivity index (χ3v) is 3.00. The molecule has 3 aromatic carbocycles. The van der Waals surface area contributed by atoms with E-state index in [2.05, 4.69) is 29.6 Å². The van der Waals surface area contributed by atoms with Crippen LogP contribution in [0.5, 0.6) is 0 Å². The molecule has 1 N–H and O–H groups in total. The molecule has 17 heavy (non-hydrogen) atoms. The van der Waals surface area contributed by atoms with Crippen LogP contribution in [0.2, 0.25) is 0 Å². The minimum absolute atomic E-state index is 0.712. The number of hydrogen-bond donors (Lipinski definition) is 1. The van der Waals surface area contributed by atoms with Gasteiger partial charge in [-0.1, -0.05) is 48.5 Å². The summed E-state index contributed by atoms with van der Waals surface area (Å²) < 4.78 is 0. The van der Waals surface area contributed by atoms with Gasteiger partial charge in [-0.3, -0.25) is 4.79 Å². The lowest BCUT2D eigenvalue weighted by Crippen LogP contribution is -1.94. The van der Waals surface area contributed by atoms with Gasteiger partial charge in [0.25, 0.3) is 0 Å². The lowest BCUT2D eigenvalue weighted by molar-refractivity contribution is -0.105. The minimum Gasteiger partial charge on any atom is -0.328 e. The average molecular weight is 221 g/mol. The van der Waals surface area contributed by atoms with Crippen molar-refractivity contribution in [1.82, 2.24) is 0 Å². The molecular weight excluding hydrogens is 210 g/mol. The zero-order valence-corrected chi connectivity index (χ0v) is 9.18. The molecule has 0 saturated heterocycles. The topological polar surface area (TPSA) is 29.1 Å². The lowest BCUT2D eigenvalue weighted by Gasteiger charge is -2.07. The van der Waals surface area contributed by atoms with Crippen LogP contribution in [0.1, 0.15) is 0 Å². The highest BCUT2D eigenvalue weighted by molar-refractivity contribution is 6.12. The van der Waals surface area contributed by atoms with Crippen molar-refractivity contribution < 1.29 is 4.79 Å². The molecule has 0 aliphatic carbocycles. The highest BCUT2D eigenvalue weighted by Crippen LogP contribution is 2.29. The van der Waals surface area contributed by atoms with Gasteiger partial charge in [0, 0.05) is 11.1 Å². The zero-order chi connectivity index (χ0) is 11.7. The predicted molar refractivity (Wildman–Crippen MR) is 71.1 cm³/mol. The molecule has 0 saturated carbocycles. The van der Waals surface area contributed by atoms with E-state index in [1.165, 1.54) is 10.8 Å². The fraction of sp³-hybridized carbons (Fsp3) is 0. The van der Waals surface area contributed by atoms with Crippen LogP contribution in [-0.4, -0.2) is 6.41 Å². The van der Waals surface area contributed by atoms with Crippen molar-refractivity contribution in [2.24, 2.45) is 0 Å². The molecule has 0 bridgehead atoms. The SMILES string of the molecule is O=CNc1cccc2c1ccc1ccccc12. The number of rotatable bonds is 2. The van der Waals surface area contributed by atoms with Gasteiger partial charge in [-0.25, -0.2) is 0 Å². The monoisotopic (exact) mass is 221 g/mol. The predicted octanol–water partition coefficient (Wildman–Crippen LogP) is 3.56. The van der Waals surface area contributed by atoms with Crippen LogP contribution in [0.4, 0.5) is 5.69 Å². The molecule has 0 aliphatic heterocycles. The van der Waals surface area contributed by atoms with Crippen molar-refractivity contribution in [3.8, 4) is 0 Å². The van der Waals surface area contributed by atoms with Crippen molar-refractivity contribution in [3.05, 3.63) is 54.6 Å². The maximum atomic E-state index is 10.6. The molecule has 2 heteroatoms. The maximum Gasteiger partial charge on any atom is 0.211 e. The second-order valence-electron chi connectivity index (χ2n) is 3.95. The first kappa shape index (κ1) is 9.85. The third kappa shape index (κ3) is 1.54. The maximum absolute atomic E-state index is 10.6. The van der Waals surface area contributed by atoms with Gasteiger partial charge in [-0.2, -0.15) is 0 Å². The van der Waals surface area contributed by atoms with Gasteiger partial charge >= 0.3 is 0 Å². The fourth-order valence-electron chi connectivity index (χ4n) is 2.23. The van der Waals surface area contributed by atoms with Gasteiger partial charge < -0.3 is 5.32 Å². The van der Waals surface area contributed by atoms with E-state index in [9.17, 15) is 4.79 Å². The Morgan fingerprint density at radius 3 is 2.47 bits per heavy atom. The number of fused-ring (bicyclic) bond motifs is 3. The quantitative estimate of drug-likeness (QED) is 0.520. The molecule has 0 aromatic heterocycles. The molecule has 0 unspecified atom stereocenters. The molecule has 0 fully saturated rings. The Morgan fingerprint density at radius 2 is 1.59 bits per heavy atom. The normalized spacial score (nSPS) is 10.6. The molecule has 1 amide bonds. The smallest absolute Gasteiger partial charge is 0.211 e. The van der Waals surface area contributed by atoms with Gasteiger partial charge in [0.15, 0.2) is 0 Å². The molecule has 0 heterocycles. The number of amides is 1. The van der Waals surface area contributed by atoms with Gasteiger partial charge in [-0.15, -0.1) is 0 Å². The number of hydrogen-bond acceptors (Lipinski definition) is 1. The fourth-order valence-corrected chi connectivity index (χ4v) is 2.23. The molecule has 0 aliphatic rings. The summed E-state index contributed by atoms with van der Waals surface area (Å²) >= 11 is 0. The van der Waals surface area contributed by atoms with Gasteiger partial charge in [0.1, 0.15) is 0 Å². The van der Waals surface area contributed by atoms with E-state index in [0.717, 1.165) is 16.5 Å². The lowest BCUT2D eigenvalue weighted by atomic mass is 10.0. The number of benzene rings is 3. The van der Waals surface area contributed by atoms with Crippen molar-refractivity contribution in [2.75, 3.05) is 5.32 Å². The zero-order valence-electron chi connectivity index (χ0n) is 9.18. The van der Waals surface area contributed by atoms with Crippen molar-refractivity contribution in [2.45, 2.75) is 0 Å².